The standard InChI is InChI=1S/C15H24N4O/c1-5-16-15(20)12-6-7-19(9-12)14-8-13(10(2)3)17-11(4)18-14/h8,10,12H,5-7,9H2,1-4H3,(H,16,20)/t12-/m1/s1. The maximum atomic E-state index is 11.9. The third-order valence-electron chi connectivity index (χ3n) is 3.67. The number of nitrogens with one attached hydrogen (secondary N) is 1. The molecule has 0 aliphatic carbocycles. The van der Waals surface area contributed by atoms with Gasteiger partial charge in [-0.1, -0.05) is 13.8 Å². The lowest BCUT2D eigenvalue weighted by Crippen LogP contribution is -2.32. The third kappa shape index (κ3) is 3.26. The number of carbonyl (C=O) groups is 1. The molecule has 1 aliphatic heterocycles. The van der Waals surface area contributed by atoms with E-state index in [4.69, 9.17) is 0 Å². The van der Waals surface area contributed by atoms with Crippen molar-refractivity contribution in [1.82, 2.24) is 15.3 Å². The lowest BCUT2D eigenvalue weighted by molar-refractivity contribution is -0.124. The van der Waals surface area contributed by atoms with Gasteiger partial charge in [-0.05, 0) is 26.2 Å². The lowest BCUT2D eigenvalue weighted by atomic mass is 10.1. The number of anilines is 1. The minimum atomic E-state index is 0.0766. The van der Waals surface area contributed by atoms with Crippen molar-refractivity contribution in [2.24, 2.45) is 5.92 Å². The minimum Gasteiger partial charge on any atom is -0.356 e. The molecule has 1 aromatic heterocycles. The number of hydrogen-bond acceptors (Lipinski definition) is 4. The molecule has 5 heteroatoms. The quantitative estimate of drug-likeness (QED) is 0.912. The van der Waals surface area contributed by atoms with Crippen LogP contribution in [-0.2, 0) is 4.79 Å². The molecule has 1 atom stereocenters. The highest BCUT2D eigenvalue weighted by Crippen LogP contribution is 2.24. The van der Waals surface area contributed by atoms with Gasteiger partial charge in [0.25, 0.3) is 0 Å². The summed E-state index contributed by atoms with van der Waals surface area (Å²) >= 11 is 0. The van der Waals surface area contributed by atoms with E-state index in [1.165, 1.54) is 0 Å². The Morgan fingerprint density at radius 3 is 2.90 bits per heavy atom. The van der Waals surface area contributed by atoms with Gasteiger partial charge in [-0.25, -0.2) is 9.97 Å². The molecule has 2 rings (SSSR count). The van der Waals surface area contributed by atoms with Crippen molar-refractivity contribution in [1.29, 1.82) is 0 Å². The topological polar surface area (TPSA) is 58.1 Å². The first kappa shape index (κ1) is 14.8. The lowest BCUT2D eigenvalue weighted by Gasteiger charge is -2.19. The molecular weight excluding hydrogens is 252 g/mol. The van der Waals surface area contributed by atoms with Gasteiger partial charge < -0.3 is 10.2 Å². The van der Waals surface area contributed by atoms with Crippen molar-refractivity contribution >= 4 is 11.7 Å². The van der Waals surface area contributed by atoms with E-state index in [1.807, 2.05) is 13.8 Å². The summed E-state index contributed by atoms with van der Waals surface area (Å²) in [6.07, 6.45) is 0.895. The summed E-state index contributed by atoms with van der Waals surface area (Å²) < 4.78 is 0. The molecule has 1 amide bonds. The molecule has 0 saturated carbocycles. The van der Waals surface area contributed by atoms with Crippen LogP contribution in [0.15, 0.2) is 6.07 Å². The zero-order valence-electron chi connectivity index (χ0n) is 12.8. The van der Waals surface area contributed by atoms with Gasteiger partial charge in [-0.15, -0.1) is 0 Å². The largest absolute Gasteiger partial charge is 0.356 e. The van der Waals surface area contributed by atoms with Crippen LogP contribution in [0.4, 0.5) is 5.82 Å². The summed E-state index contributed by atoms with van der Waals surface area (Å²) in [5, 5.41) is 2.90. The molecule has 0 radical (unpaired) electrons. The predicted molar refractivity (Wildman–Crippen MR) is 79.9 cm³/mol. The fraction of sp³-hybridized carbons (Fsp3) is 0.667. The highest BCUT2D eigenvalue weighted by molar-refractivity contribution is 5.79. The van der Waals surface area contributed by atoms with E-state index in [2.05, 4.69) is 40.1 Å². The summed E-state index contributed by atoms with van der Waals surface area (Å²) in [4.78, 5) is 23.1. The van der Waals surface area contributed by atoms with Gasteiger partial charge in [0.15, 0.2) is 0 Å². The molecule has 0 spiro atoms. The van der Waals surface area contributed by atoms with Crippen molar-refractivity contribution < 1.29 is 4.79 Å². The number of nitrogens with zero attached hydrogens (tertiary/aromatic N) is 3. The van der Waals surface area contributed by atoms with E-state index < -0.39 is 0 Å². The Balaban J connectivity index is 2.12. The molecule has 1 fully saturated rings. The molecule has 1 saturated heterocycles. The predicted octanol–water partition coefficient (Wildman–Crippen LogP) is 1.87. The van der Waals surface area contributed by atoms with Crippen LogP contribution in [0.5, 0.6) is 0 Å². The van der Waals surface area contributed by atoms with E-state index in [9.17, 15) is 4.79 Å². The molecule has 0 aromatic carbocycles. The van der Waals surface area contributed by atoms with Crippen LogP contribution < -0.4 is 10.2 Å². The number of aryl methyl sites for hydroxylation is 1. The fourth-order valence-corrected chi connectivity index (χ4v) is 2.53. The van der Waals surface area contributed by atoms with Gasteiger partial charge in [0, 0.05) is 31.4 Å². The van der Waals surface area contributed by atoms with E-state index in [0.29, 0.717) is 12.5 Å². The first-order valence-electron chi connectivity index (χ1n) is 7.39. The Labute approximate surface area is 120 Å². The Bertz CT molecular complexity index is 487. The average molecular weight is 276 g/mol. The Hall–Kier alpha value is -1.65. The first-order chi connectivity index (χ1) is 9.51. The van der Waals surface area contributed by atoms with E-state index in [-0.39, 0.29) is 11.8 Å². The summed E-state index contributed by atoms with van der Waals surface area (Å²) in [7, 11) is 0. The molecule has 1 N–H and O–H groups in total. The van der Waals surface area contributed by atoms with Crippen LogP contribution in [-0.4, -0.2) is 35.5 Å². The number of hydrogen-bond donors (Lipinski definition) is 1. The summed E-state index contributed by atoms with van der Waals surface area (Å²) in [6.45, 7) is 10.5. The smallest absolute Gasteiger partial charge is 0.224 e. The SMILES string of the molecule is CCNC(=O)[C@@H]1CCN(c2cc(C(C)C)nc(C)n2)C1. The van der Waals surface area contributed by atoms with E-state index in [1.54, 1.807) is 0 Å². The molecule has 5 nitrogen and oxygen atoms in total. The second kappa shape index (κ2) is 6.20. The van der Waals surface area contributed by atoms with Gasteiger partial charge in [0.2, 0.25) is 5.91 Å². The van der Waals surface area contributed by atoms with Gasteiger partial charge in [0.1, 0.15) is 11.6 Å². The second-order valence-corrected chi connectivity index (χ2v) is 5.68. The van der Waals surface area contributed by atoms with Crippen molar-refractivity contribution in [3.05, 3.63) is 17.6 Å². The molecule has 1 aliphatic rings. The highest BCUT2D eigenvalue weighted by Gasteiger charge is 2.29. The third-order valence-corrected chi connectivity index (χ3v) is 3.67. The molecule has 110 valence electrons. The monoisotopic (exact) mass is 276 g/mol. The van der Waals surface area contributed by atoms with Crippen LogP contribution >= 0.6 is 0 Å². The highest BCUT2D eigenvalue weighted by atomic mass is 16.1. The molecule has 0 bridgehead atoms. The van der Waals surface area contributed by atoms with Crippen LogP contribution in [0.1, 0.15) is 44.6 Å². The van der Waals surface area contributed by atoms with Gasteiger partial charge in [-0.3, -0.25) is 4.79 Å². The number of rotatable bonds is 4. The van der Waals surface area contributed by atoms with Gasteiger partial charge in [0.05, 0.1) is 5.92 Å². The summed E-state index contributed by atoms with van der Waals surface area (Å²) in [5.41, 5.74) is 1.06. The average Bonchev–Trinajstić information content (AvgIpc) is 2.88. The van der Waals surface area contributed by atoms with Crippen LogP contribution in [0.25, 0.3) is 0 Å². The number of carbonyl (C=O) groups excluding carboxylic acids is 1. The minimum absolute atomic E-state index is 0.0766. The van der Waals surface area contributed by atoms with Crippen molar-refractivity contribution in [2.45, 2.75) is 40.0 Å². The maximum Gasteiger partial charge on any atom is 0.224 e. The van der Waals surface area contributed by atoms with Crippen LogP contribution in [0.2, 0.25) is 0 Å². The molecular formula is C15H24N4O. The van der Waals surface area contributed by atoms with Gasteiger partial charge >= 0.3 is 0 Å². The van der Waals surface area contributed by atoms with Crippen LogP contribution in [0.3, 0.4) is 0 Å². The fourth-order valence-electron chi connectivity index (χ4n) is 2.53. The van der Waals surface area contributed by atoms with Crippen molar-refractivity contribution in [3.63, 3.8) is 0 Å². The zero-order valence-corrected chi connectivity index (χ0v) is 12.8. The Morgan fingerprint density at radius 1 is 1.50 bits per heavy atom. The second-order valence-electron chi connectivity index (χ2n) is 5.68. The summed E-state index contributed by atoms with van der Waals surface area (Å²) in [5.74, 6) is 2.37. The molecule has 0 unspecified atom stereocenters. The Morgan fingerprint density at radius 2 is 2.25 bits per heavy atom. The van der Waals surface area contributed by atoms with Crippen molar-refractivity contribution in [2.75, 3.05) is 24.5 Å². The van der Waals surface area contributed by atoms with E-state index >= 15 is 0 Å². The molecule has 2 heterocycles. The maximum absolute atomic E-state index is 11.9. The molecule has 1 aromatic rings. The summed E-state index contributed by atoms with van der Waals surface area (Å²) in [6, 6.07) is 2.05. The first-order valence-corrected chi connectivity index (χ1v) is 7.39. The number of aromatic nitrogens is 2. The van der Waals surface area contributed by atoms with Crippen LogP contribution in [0, 0.1) is 12.8 Å². The normalized spacial score (nSPS) is 18.6. The number of amides is 1. The van der Waals surface area contributed by atoms with Gasteiger partial charge in [-0.2, -0.15) is 0 Å². The van der Waals surface area contributed by atoms with E-state index in [0.717, 1.165) is 36.8 Å². The molecule has 20 heavy (non-hydrogen) atoms. The van der Waals surface area contributed by atoms with Crippen molar-refractivity contribution in [3.8, 4) is 0 Å². The Kier molecular flexibility index (Phi) is 4.57. The zero-order chi connectivity index (χ0) is 14.7.